The van der Waals surface area contributed by atoms with E-state index in [0.29, 0.717) is 35.6 Å². The van der Waals surface area contributed by atoms with E-state index < -0.39 is 0 Å². The molecule has 38 heavy (non-hydrogen) atoms. The number of benzene rings is 3. The van der Waals surface area contributed by atoms with Crippen molar-refractivity contribution in [3.63, 3.8) is 0 Å². The third-order valence-corrected chi connectivity index (χ3v) is 7.95. The lowest BCUT2D eigenvalue weighted by Crippen LogP contribution is -2.30. The molecule has 0 radical (unpaired) electrons. The lowest BCUT2D eigenvalue weighted by molar-refractivity contribution is -0.115. The second-order valence-electron chi connectivity index (χ2n) is 8.53. The summed E-state index contributed by atoms with van der Waals surface area (Å²) >= 11 is 3.03. The maximum atomic E-state index is 13.6. The smallest absolute Gasteiger partial charge is 0.242 e. The molecule has 0 bridgehead atoms. The Labute approximate surface area is 230 Å². The standard InChI is InChI=1S/C29H28N4O3S2/c1-4-16-32-27(18-36-23-15-14-20(3)17-24(23)35-5-2)30-31-29(32)37-19-28(34)33-21-10-6-8-12-25(21)38-26-13-9-7-11-22(26)33/h4,6-15,17H,1,5,16,18-19H2,2-3H3. The maximum absolute atomic E-state index is 13.6. The lowest BCUT2D eigenvalue weighted by Gasteiger charge is -2.30. The van der Waals surface area contributed by atoms with Crippen LogP contribution in [0.4, 0.5) is 11.4 Å². The highest BCUT2D eigenvalue weighted by molar-refractivity contribution is 8.00. The van der Waals surface area contributed by atoms with Crippen LogP contribution in [0.2, 0.25) is 0 Å². The van der Waals surface area contributed by atoms with Crippen molar-refractivity contribution in [3.8, 4) is 11.5 Å². The third kappa shape index (κ3) is 5.44. The highest BCUT2D eigenvalue weighted by atomic mass is 32.2. The van der Waals surface area contributed by atoms with Crippen LogP contribution in [-0.4, -0.2) is 33.0 Å². The number of thioether (sulfide) groups is 1. The second-order valence-corrected chi connectivity index (χ2v) is 10.6. The molecule has 1 aliphatic rings. The number of aromatic nitrogens is 3. The Morgan fingerprint density at radius 3 is 2.39 bits per heavy atom. The van der Waals surface area contributed by atoms with Crippen LogP contribution >= 0.6 is 23.5 Å². The van der Waals surface area contributed by atoms with E-state index >= 15 is 0 Å². The number of allylic oxidation sites excluding steroid dienone is 1. The molecule has 194 valence electrons. The average Bonchev–Trinajstić information content (AvgIpc) is 3.31. The molecule has 0 unspecified atom stereocenters. The SMILES string of the molecule is C=CCn1c(COc2ccc(C)cc2OCC)nnc1SCC(=O)N1c2ccccc2Sc2ccccc21. The van der Waals surface area contributed by atoms with Gasteiger partial charge in [0.05, 0.1) is 23.7 Å². The van der Waals surface area contributed by atoms with E-state index in [2.05, 4.69) is 16.8 Å². The van der Waals surface area contributed by atoms with E-state index in [-0.39, 0.29) is 18.3 Å². The minimum atomic E-state index is -0.0258. The number of nitrogens with zero attached hydrogens (tertiary/aromatic N) is 4. The summed E-state index contributed by atoms with van der Waals surface area (Å²) < 4.78 is 13.7. The summed E-state index contributed by atoms with van der Waals surface area (Å²) in [6.07, 6.45) is 1.78. The highest BCUT2D eigenvalue weighted by Gasteiger charge is 2.28. The Hall–Kier alpha value is -3.69. The fourth-order valence-electron chi connectivity index (χ4n) is 4.15. The van der Waals surface area contributed by atoms with Crippen LogP contribution in [0.15, 0.2) is 94.3 Å². The first kappa shape index (κ1) is 25.9. The number of carbonyl (C=O) groups excluding carboxylic acids is 1. The summed E-state index contributed by atoms with van der Waals surface area (Å²) in [5.41, 5.74) is 2.88. The lowest BCUT2D eigenvalue weighted by atomic mass is 10.2. The minimum Gasteiger partial charge on any atom is -0.490 e. The van der Waals surface area contributed by atoms with Gasteiger partial charge in [-0.15, -0.1) is 16.8 Å². The highest BCUT2D eigenvalue weighted by Crippen LogP contribution is 2.48. The number of amides is 1. The number of aryl methyl sites for hydroxylation is 1. The summed E-state index contributed by atoms with van der Waals surface area (Å²) in [5, 5.41) is 9.36. The van der Waals surface area contributed by atoms with Crippen LogP contribution in [0.5, 0.6) is 11.5 Å². The zero-order valence-corrected chi connectivity index (χ0v) is 22.9. The molecule has 1 aromatic heterocycles. The summed E-state index contributed by atoms with van der Waals surface area (Å²) in [7, 11) is 0. The van der Waals surface area contributed by atoms with E-state index in [1.54, 1.807) is 22.7 Å². The Kier molecular flexibility index (Phi) is 8.05. The fourth-order valence-corrected chi connectivity index (χ4v) is 6.03. The van der Waals surface area contributed by atoms with Crippen LogP contribution in [0, 0.1) is 6.92 Å². The van der Waals surface area contributed by atoms with Crippen LogP contribution in [0.25, 0.3) is 0 Å². The van der Waals surface area contributed by atoms with Crippen LogP contribution in [-0.2, 0) is 17.9 Å². The van der Waals surface area contributed by atoms with E-state index in [9.17, 15) is 4.79 Å². The molecule has 9 heteroatoms. The van der Waals surface area contributed by atoms with Crippen LogP contribution in [0.1, 0.15) is 18.3 Å². The van der Waals surface area contributed by atoms with Gasteiger partial charge in [-0.1, -0.05) is 59.9 Å². The Balaban J connectivity index is 1.33. The first-order valence-corrected chi connectivity index (χ1v) is 14.1. The van der Waals surface area contributed by atoms with Gasteiger partial charge in [0.1, 0.15) is 6.61 Å². The topological polar surface area (TPSA) is 69.5 Å². The van der Waals surface area contributed by atoms with Gasteiger partial charge < -0.3 is 9.47 Å². The Morgan fingerprint density at radius 2 is 1.71 bits per heavy atom. The molecule has 0 N–H and O–H groups in total. The Bertz CT molecular complexity index is 1420. The predicted molar refractivity (Wildman–Crippen MR) is 152 cm³/mol. The molecule has 0 saturated carbocycles. The molecule has 0 aliphatic carbocycles. The van der Waals surface area contributed by atoms with Crippen LogP contribution < -0.4 is 14.4 Å². The maximum Gasteiger partial charge on any atom is 0.242 e. The predicted octanol–water partition coefficient (Wildman–Crippen LogP) is 6.67. The molecule has 1 aliphatic heterocycles. The van der Waals surface area contributed by atoms with E-state index in [1.807, 2.05) is 85.1 Å². The van der Waals surface area contributed by atoms with E-state index in [0.717, 1.165) is 26.7 Å². The van der Waals surface area contributed by atoms with Crippen molar-refractivity contribution in [3.05, 3.63) is 90.8 Å². The van der Waals surface area contributed by atoms with Crippen molar-refractivity contribution in [1.82, 2.24) is 14.8 Å². The summed E-state index contributed by atoms with van der Waals surface area (Å²) in [6.45, 7) is 9.09. The van der Waals surface area contributed by atoms with E-state index in [1.165, 1.54) is 11.8 Å². The molecule has 0 saturated heterocycles. The van der Waals surface area contributed by atoms with Gasteiger partial charge >= 0.3 is 0 Å². The van der Waals surface area contributed by atoms with Crippen molar-refractivity contribution < 1.29 is 14.3 Å². The average molecular weight is 545 g/mol. The van der Waals surface area contributed by atoms with Crippen molar-refractivity contribution in [1.29, 1.82) is 0 Å². The zero-order chi connectivity index (χ0) is 26.5. The number of ether oxygens (including phenoxy) is 2. The van der Waals surface area contributed by atoms with Crippen molar-refractivity contribution in [2.75, 3.05) is 17.3 Å². The molecular formula is C29H28N4O3S2. The monoisotopic (exact) mass is 544 g/mol. The number of rotatable bonds is 10. The van der Waals surface area contributed by atoms with Crippen molar-refractivity contribution in [2.24, 2.45) is 0 Å². The second kappa shape index (κ2) is 11.8. The molecule has 0 fully saturated rings. The van der Waals surface area contributed by atoms with Gasteiger partial charge in [0, 0.05) is 16.3 Å². The molecule has 3 aromatic carbocycles. The number of carbonyl (C=O) groups is 1. The first-order chi connectivity index (χ1) is 18.6. The molecule has 1 amide bonds. The molecular weight excluding hydrogens is 516 g/mol. The van der Waals surface area contributed by atoms with Gasteiger partial charge in [-0.05, 0) is 55.8 Å². The zero-order valence-electron chi connectivity index (χ0n) is 21.3. The molecule has 2 heterocycles. The first-order valence-electron chi connectivity index (χ1n) is 12.3. The molecule has 0 atom stereocenters. The fraction of sp³-hybridized carbons (Fsp3) is 0.207. The number of hydrogen-bond donors (Lipinski definition) is 0. The summed E-state index contributed by atoms with van der Waals surface area (Å²) in [6, 6.07) is 21.8. The van der Waals surface area contributed by atoms with Gasteiger partial charge in [-0.2, -0.15) is 0 Å². The van der Waals surface area contributed by atoms with Gasteiger partial charge in [0.25, 0.3) is 0 Å². The number of anilines is 2. The van der Waals surface area contributed by atoms with Crippen molar-refractivity contribution in [2.45, 2.75) is 41.9 Å². The summed E-state index contributed by atoms with van der Waals surface area (Å²) in [4.78, 5) is 17.5. The van der Waals surface area contributed by atoms with Gasteiger partial charge in [-0.25, -0.2) is 0 Å². The molecule has 4 aromatic rings. The number of fused-ring (bicyclic) bond motifs is 2. The quantitative estimate of drug-likeness (QED) is 0.163. The Morgan fingerprint density at radius 1 is 1.00 bits per heavy atom. The normalized spacial score (nSPS) is 12.0. The third-order valence-electron chi connectivity index (χ3n) is 5.87. The largest absolute Gasteiger partial charge is 0.490 e. The molecule has 7 nitrogen and oxygen atoms in total. The van der Waals surface area contributed by atoms with Crippen LogP contribution in [0.3, 0.4) is 0 Å². The summed E-state index contributed by atoms with van der Waals surface area (Å²) in [5.74, 6) is 2.17. The molecule has 5 rings (SSSR count). The van der Waals surface area contributed by atoms with Gasteiger partial charge in [-0.3, -0.25) is 14.3 Å². The van der Waals surface area contributed by atoms with Gasteiger partial charge in [0.2, 0.25) is 5.91 Å². The van der Waals surface area contributed by atoms with Gasteiger partial charge in [0.15, 0.2) is 22.5 Å². The number of hydrogen-bond acceptors (Lipinski definition) is 7. The molecule has 0 spiro atoms. The van der Waals surface area contributed by atoms with Crippen molar-refractivity contribution >= 4 is 40.8 Å². The van der Waals surface area contributed by atoms with E-state index in [4.69, 9.17) is 9.47 Å². The number of para-hydroxylation sites is 2. The minimum absolute atomic E-state index is 0.0258.